The third-order valence-electron chi connectivity index (χ3n) is 3.58. The maximum absolute atomic E-state index is 5.95. The first-order valence-electron chi connectivity index (χ1n) is 6.36. The van der Waals surface area contributed by atoms with Crippen molar-refractivity contribution in [3.63, 3.8) is 0 Å². The Morgan fingerprint density at radius 2 is 1.72 bits per heavy atom. The van der Waals surface area contributed by atoms with Gasteiger partial charge in [0.1, 0.15) is 0 Å². The second-order valence-electron chi connectivity index (χ2n) is 4.74. The highest BCUT2D eigenvalue weighted by Gasteiger charge is 2.12. The fraction of sp³-hybridized carbons (Fsp3) is 0.250. The SMILES string of the molecule is CCc1cc(-c2ccc3c(c2)COC3)ccc1N. The lowest BCUT2D eigenvalue weighted by molar-refractivity contribution is 0.134. The molecule has 0 saturated carbocycles. The van der Waals surface area contributed by atoms with Gasteiger partial charge in [-0.05, 0) is 52.4 Å². The van der Waals surface area contributed by atoms with E-state index in [1.807, 2.05) is 6.07 Å². The van der Waals surface area contributed by atoms with Gasteiger partial charge in [0.15, 0.2) is 0 Å². The molecule has 0 radical (unpaired) electrons. The molecule has 0 saturated heterocycles. The molecule has 2 heteroatoms. The second-order valence-corrected chi connectivity index (χ2v) is 4.74. The minimum atomic E-state index is 0.735. The molecule has 2 N–H and O–H groups in total. The Morgan fingerprint density at radius 1 is 1.00 bits per heavy atom. The number of hydrogen-bond donors (Lipinski definition) is 1. The van der Waals surface area contributed by atoms with E-state index in [2.05, 4.69) is 37.3 Å². The van der Waals surface area contributed by atoms with Crippen molar-refractivity contribution in [2.75, 3.05) is 5.73 Å². The van der Waals surface area contributed by atoms with Crippen LogP contribution in [0.15, 0.2) is 36.4 Å². The molecule has 0 aliphatic carbocycles. The van der Waals surface area contributed by atoms with Crippen LogP contribution in [-0.4, -0.2) is 0 Å². The molecule has 0 spiro atoms. The normalized spacial score (nSPS) is 13.6. The van der Waals surface area contributed by atoms with Crippen molar-refractivity contribution < 1.29 is 4.74 Å². The predicted molar refractivity (Wildman–Crippen MR) is 74.2 cm³/mol. The van der Waals surface area contributed by atoms with Crippen LogP contribution in [0.4, 0.5) is 5.69 Å². The molecule has 2 aromatic carbocycles. The zero-order valence-corrected chi connectivity index (χ0v) is 10.6. The Bertz CT molecular complexity index is 581. The van der Waals surface area contributed by atoms with Gasteiger partial charge >= 0.3 is 0 Å². The molecule has 0 bridgehead atoms. The number of rotatable bonds is 2. The van der Waals surface area contributed by atoms with E-state index < -0.39 is 0 Å². The molecule has 3 rings (SSSR count). The number of nitrogens with two attached hydrogens (primary N) is 1. The smallest absolute Gasteiger partial charge is 0.0725 e. The van der Waals surface area contributed by atoms with Gasteiger partial charge in [-0.15, -0.1) is 0 Å². The summed E-state index contributed by atoms with van der Waals surface area (Å²) in [4.78, 5) is 0. The molecule has 1 aliphatic heterocycles. The van der Waals surface area contributed by atoms with Crippen molar-refractivity contribution in [3.05, 3.63) is 53.1 Å². The average Bonchev–Trinajstić information content (AvgIpc) is 2.86. The Hall–Kier alpha value is -1.80. The molecule has 18 heavy (non-hydrogen) atoms. The van der Waals surface area contributed by atoms with E-state index in [1.165, 1.54) is 27.8 Å². The second kappa shape index (κ2) is 4.46. The minimum Gasteiger partial charge on any atom is -0.399 e. The van der Waals surface area contributed by atoms with E-state index in [0.717, 1.165) is 25.3 Å². The van der Waals surface area contributed by atoms with Gasteiger partial charge in [0.05, 0.1) is 13.2 Å². The van der Waals surface area contributed by atoms with E-state index in [1.54, 1.807) is 0 Å². The Kier molecular flexibility index (Phi) is 2.80. The van der Waals surface area contributed by atoms with Crippen molar-refractivity contribution in [2.24, 2.45) is 0 Å². The summed E-state index contributed by atoms with van der Waals surface area (Å²) >= 11 is 0. The number of anilines is 1. The van der Waals surface area contributed by atoms with Crippen molar-refractivity contribution in [1.29, 1.82) is 0 Å². The summed E-state index contributed by atoms with van der Waals surface area (Å²) in [7, 11) is 0. The molecule has 2 aromatic rings. The summed E-state index contributed by atoms with van der Waals surface area (Å²) in [6, 6.07) is 12.8. The number of hydrogen-bond acceptors (Lipinski definition) is 2. The van der Waals surface area contributed by atoms with Gasteiger partial charge in [-0.25, -0.2) is 0 Å². The Balaban J connectivity index is 2.04. The van der Waals surface area contributed by atoms with Crippen LogP contribution in [-0.2, 0) is 24.4 Å². The number of aryl methyl sites for hydroxylation is 1. The molecule has 0 aromatic heterocycles. The third-order valence-corrected chi connectivity index (χ3v) is 3.58. The highest BCUT2D eigenvalue weighted by atomic mass is 16.5. The van der Waals surface area contributed by atoms with E-state index in [-0.39, 0.29) is 0 Å². The first-order valence-corrected chi connectivity index (χ1v) is 6.36. The van der Waals surface area contributed by atoms with Gasteiger partial charge in [-0.3, -0.25) is 0 Å². The Morgan fingerprint density at radius 3 is 2.56 bits per heavy atom. The molecule has 2 nitrogen and oxygen atoms in total. The first kappa shape index (κ1) is 11.3. The number of nitrogen functional groups attached to an aromatic ring is 1. The molecule has 1 aliphatic rings. The summed E-state index contributed by atoms with van der Waals surface area (Å²) in [5.74, 6) is 0. The topological polar surface area (TPSA) is 35.2 Å². The lowest BCUT2D eigenvalue weighted by Gasteiger charge is -2.08. The van der Waals surface area contributed by atoms with Gasteiger partial charge in [0.2, 0.25) is 0 Å². The van der Waals surface area contributed by atoms with Crippen LogP contribution in [0, 0.1) is 0 Å². The van der Waals surface area contributed by atoms with E-state index in [9.17, 15) is 0 Å². The minimum absolute atomic E-state index is 0.735. The molecule has 1 heterocycles. The van der Waals surface area contributed by atoms with Crippen LogP contribution in [0.25, 0.3) is 11.1 Å². The summed E-state index contributed by atoms with van der Waals surface area (Å²) in [6.45, 7) is 3.61. The maximum atomic E-state index is 5.95. The summed E-state index contributed by atoms with van der Waals surface area (Å²) in [6.07, 6.45) is 0.966. The fourth-order valence-corrected chi connectivity index (χ4v) is 2.44. The number of benzene rings is 2. The molecule has 0 amide bonds. The standard InChI is InChI=1S/C16H17NO/c1-2-11-7-13(5-6-16(11)17)12-3-4-14-9-18-10-15(14)8-12/h3-8H,2,9-10,17H2,1H3. The van der Waals surface area contributed by atoms with Crippen LogP contribution in [0.1, 0.15) is 23.6 Å². The van der Waals surface area contributed by atoms with Crippen LogP contribution in [0.2, 0.25) is 0 Å². The van der Waals surface area contributed by atoms with E-state index >= 15 is 0 Å². The Labute approximate surface area is 107 Å². The molecule has 0 atom stereocenters. The monoisotopic (exact) mass is 239 g/mol. The number of ether oxygens (including phenoxy) is 1. The molecular formula is C16H17NO. The maximum Gasteiger partial charge on any atom is 0.0725 e. The van der Waals surface area contributed by atoms with Crippen molar-refractivity contribution in [1.82, 2.24) is 0 Å². The highest BCUT2D eigenvalue weighted by Crippen LogP contribution is 2.28. The average molecular weight is 239 g/mol. The molecule has 92 valence electrons. The number of fused-ring (bicyclic) bond motifs is 1. The van der Waals surface area contributed by atoms with Gasteiger partial charge in [-0.2, -0.15) is 0 Å². The van der Waals surface area contributed by atoms with Gasteiger partial charge in [-0.1, -0.05) is 25.1 Å². The summed E-state index contributed by atoms with van der Waals surface area (Å²) in [5.41, 5.74) is 13.1. The van der Waals surface area contributed by atoms with Crippen LogP contribution in [0.5, 0.6) is 0 Å². The first-order chi connectivity index (χ1) is 8.78. The van der Waals surface area contributed by atoms with E-state index in [0.29, 0.717) is 0 Å². The van der Waals surface area contributed by atoms with Gasteiger partial charge in [0.25, 0.3) is 0 Å². The van der Waals surface area contributed by atoms with Crippen molar-refractivity contribution in [3.8, 4) is 11.1 Å². The van der Waals surface area contributed by atoms with Crippen molar-refractivity contribution >= 4 is 5.69 Å². The summed E-state index contributed by atoms with van der Waals surface area (Å²) in [5, 5.41) is 0. The highest BCUT2D eigenvalue weighted by molar-refractivity contribution is 5.69. The van der Waals surface area contributed by atoms with Crippen LogP contribution >= 0.6 is 0 Å². The predicted octanol–water partition coefficient (Wildman–Crippen LogP) is 3.53. The molecule has 0 unspecified atom stereocenters. The van der Waals surface area contributed by atoms with Crippen LogP contribution < -0.4 is 5.73 Å². The lowest BCUT2D eigenvalue weighted by Crippen LogP contribution is -1.93. The van der Waals surface area contributed by atoms with Gasteiger partial charge in [0, 0.05) is 5.69 Å². The fourth-order valence-electron chi connectivity index (χ4n) is 2.44. The zero-order valence-electron chi connectivity index (χ0n) is 10.6. The lowest BCUT2D eigenvalue weighted by atomic mass is 9.98. The quantitative estimate of drug-likeness (QED) is 0.814. The van der Waals surface area contributed by atoms with E-state index in [4.69, 9.17) is 10.5 Å². The van der Waals surface area contributed by atoms with Gasteiger partial charge < -0.3 is 10.5 Å². The zero-order chi connectivity index (χ0) is 12.5. The molecule has 0 fully saturated rings. The largest absolute Gasteiger partial charge is 0.399 e. The van der Waals surface area contributed by atoms with Crippen molar-refractivity contribution in [2.45, 2.75) is 26.6 Å². The summed E-state index contributed by atoms with van der Waals surface area (Å²) < 4.78 is 5.45. The third kappa shape index (κ3) is 1.89. The molecular weight excluding hydrogens is 222 g/mol. The van der Waals surface area contributed by atoms with Crippen LogP contribution in [0.3, 0.4) is 0 Å².